The number of thiazole rings is 1. The van der Waals surface area contributed by atoms with Gasteiger partial charge in [-0.1, -0.05) is 23.7 Å². The Morgan fingerprint density at radius 3 is 2.53 bits per heavy atom. The molecule has 0 aliphatic rings. The van der Waals surface area contributed by atoms with Crippen molar-refractivity contribution < 1.29 is 4.79 Å². The number of hydrogen-bond acceptors (Lipinski definition) is 3. The van der Waals surface area contributed by atoms with Crippen molar-refractivity contribution in [3.05, 3.63) is 49.4 Å². The molecule has 0 unspecified atom stereocenters. The van der Waals surface area contributed by atoms with Crippen LogP contribution in [-0.2, 0) is 13.0 Å². The summed E-state index contributed by atoms with van der Waals surface area (Å²) in [6.07, 6.45) is 0.875. The fourth-order valence-corrected chi connectivity index (χ4v) is 3.47. The molecule has 0 atom stereocenters. The molecule has 0 fully saturated rings. The predicted molar refractivity (Wildman–Crippen MR) is 83.0 cm³/mol. The highest BCUT2D eigenvalue weighted by atomic mass is 35.5. The van der Waals surface area contributed by atoms with Crippen molar-refractivity contribution in [3.63, 3.8) is 0 Å². The Morgan fingerprint density at radius 1 is 1.37 bits per heavy atom. The smallest absolute Gasteiger partial charge is 0.171 e. The molecule has 2 nitrogen and oxygen atoms in total. The summed E-state index contributed by atoms with van der Waals surface area (Å²) in [7, 11) is 0. The van der Waals surface area contributed by atoms with E-state index in [9.17, 15) is 4.79 Å². The summed E-state index contributed by atoms with van der Waals surface area (Å²) in [6, 6.07) is 7.80. The molecular weight excluding hydrogens is 298 g/mol. The summed E-state index contributed by atoms with van der Waals surface area (Å²) < 4.78 is 2.79. The quantitative estimate of drug-likeness (QED) is 0.604. The van der Waals surface area contributed by atoms with Crippen molar-refractivity contribution in [2.24, 2.45) is 0 Å². The van der Waals surface area contributed by atoms with E-state index in [0.29, 0.717) is 0 Å². The van der Waals surface area contributed by atoms with Gasteiger partial charge >= 0.3 is 0 Å². The van der Waals surface area contributed by atoms with E-state index in [1.54, 1.807) is 6.92 Å². The van der Waals surface area contributed by atoms with Gasteiger partial charge in [0.15, 0.2) is 9.74 Å². The van der Waals surface area contributed by atoms with Gasteiger partial charge in [-0.2, -0.15) is 0 Å². The van der Waals surface area contributed by atoms with Gasteiger partial charge in [0.05, 0.1) is 4.88 Å². The van der Waals surface area contributed by atoms with E-state index in [-0.39, 0.29) is 5.78 Å². The Balaban J connectivity index is 2.18. The van der Waals surface area contributed by atoms with E-state index >= 15 is 0 Å². The lowest BCUT2D eigenvalue weighted by atomic mass is 10.1. The molecule has 0 bridgehead atoms. The summed E-state index contributed by atoms with van der Waals surface area (Å²) in [5.41, 5.74) is 2.18. The maximum absolute atomic E-state index is 11.5. The zero-order chi connectivity index (χ0) is 14.0. The number of carbonyl (C=O) groups is 1. The second-order valence-corrected chi connectivity index (χ2v) is 6.45. The number of rotatable bonds is 4. The number of halogens is 1. The Bertz CT molecular complexity index is 655. The number of ketones is 1. The van der Waals surface area contributed by atoms with Gasteiger partial charge in [0.25, 0.3) is 0 Å². The maximum atomic E-state index is 11.5. The van der Waals surface area contributed by atoms with Gasteiger partial charge in [0.2, 0.25) is 0 Å². The van der Waals surface area contributed by atoms with Gasteiger partial charge in [-0.05, 0) is 43.3 Å². The van der Waals surface area contributed by atoms with Crippen LogP contribution in [0.3, 0.4) is 0 Å². The van der Waals surface area contributed by atoms with Crippen LogP contribution >= 0.6 is 35.2 Å². The Kier molecular flexibility index (Phi) is 4.55. The third-order valence-electron chi connectivity index (χ3n) is 3.00. The lowest BCUT2D eigenvalue weighted by Crippen LogP contribution is -2.05. The van der Waals surface area contributed by atoms with E-state index in [4.69, 9.17) is 23.8 Å². The van der Waals surface area contributed by atoms with Crippen LogP contribution in [0.25, 0.3) is 0 Å². The molecule has 19 heavy (non-hydrogen) atoms. The zero-order valence-corrected chi connectivity index (χ0v) is 13.2. The maximum Gasteiger partial charge on any atom is 0.171 e. The molecule has 100 valence electrons. The Labute approximate surface area is 126 Å². The molecule has 0 amide bonds. The van der Waals surface area contributed by atoms with E-state index < -0.39 is 0 Å². The molecule has 5 heteroatoms. The van der Waals surface area contributed by atoms with Crippen molar-refractivity contribution in [1.29, 1.82) is 0 Å². The first-order valence-electron chi connectivity index (χ1n) is 5.94. The summed E-state index contributed by atoms with van der Waals surface area (Å²) in [6.45, 7) is 4.32. The Hall–Kier alpha value is -0.970. The summed E-state index contributed by atoms with van der Waals surface area (Å²) in [5, 5.41) is 0.742. The number of aromatic nitrogens is 1. The average molecular weight is 312 g/mol. The van der Waals surface area contributed by atoms with Crippen molar-refractivity contribution >= 4 is 40.9 Å². The topological polar surface area (TPSA) is 22.0 Å². The van der Waals surface area contributed by atoms with Crippen LogP contribution in [0.4, 0.5) is 0 Å². The zero-order valence-electron chi connectivity index (χ0n) is 10.8. The molecule has 0 aliphatic carbocycles. The van der Waals surface area contributed by atoms with Crippen LogP contribution in [0.2, 0.25) is 5.02 Å². The van der Waals surface area contributed by atoms with Crippen molar-refractivity contribution in [2.45, 2.75) is 26.8 Å². The van der Waals surface area contributed by atoms with Crippen LogP contribution in [0.15, 0.2) is 24.3 Å². The molecule has 0 radical (unpaired) electrons. The normalized spacial score (nSPS) is 10.7. The van der Waals surface area contributed by atoms with Crippen molar-refractivity contribution in [3.8, 4) is 0 Å². The lowest BCUT2D eigenvalue weighted by molar-refractivity contribution is 0.102. The summed E-state index contributed by atoms with van der Waals surface area (Å²) in [5.74, 6) is 0.0823. The second kappa shape index (κ2) is 5.99. The lowest BCUT2D eigenvalue weighted by Gasteiger charge is -2.06. The SMILES string of the molecule is CC(=O)c1sc(=S)n(CCc2ccc(Cl)cc2)c1C. The van der Waals surface area contributed by atoms with Crippen LogP contribution in [0.1, 0.15) is 27.9 Å². The minimum atomic E-state index is 0.0823. The van der Waals surface area contributed by atoms with Crippen molar-refractivity contribution in [2.75, 3.05) is 0 Å². The fraction of sp³-hybridized carbons (Fsp3) is 0.286. The van der Waals surface area contributed by atoms with Gasteiger partial charge < -0.3 is 4.57 Å². The third-order valence-corrected chi connectivity index (χ3v) is 4.90. The third kappa shape index (κ3) is 3.32. The molecule has 1 aromatic heterocycles. The number of carbonyl (C=O) groups excluding carboxylic acids is 1. The number of nitrogens with zero attached hydrogens (tertiary/aromatic N) is 1. The standard InChI is InChI=1S/C14H14ClNOS2/c1-9-13(10(2)17)19-14(18)16(9)8-7-11-3-5-12(15)6-4-11/h3-6H,7-8H2,1-2H3. The first-order chi connectivity index (χ1) is 8.99. The molecular formula is C14H14ClNOS2. The second-order valence-electron chi connectivity index (χ2n) is 4.37. The highest BCUT2D eigenvalue weighted by Crippen LogP contribution is 2.20. The molecule has 1 heterocycles. The van der Waals surface area contributed by atoms with Crippen molar-refractivity contribution in [1.82, 2.24) is 4.57 Å². The van der Waals surface area contributed by atoms with Gasteiger partial charge in [-0.15, -0.1) is 11.3 Å². The number of Topliss-reactive ketones (excluding diaryl/α,β-unsaturated/α-hetero) is 1. The average Bonchev–Trinajstić information content (AvgIpc) is 2.65. The van der Waals surface area contributed by atoms with Crippen LogP contribution < -0.4 is 0 Å². The van der Waals surface area contributed by atoms with E-state index in [2.05, 4.69) is 0 Å². The highest BCUT2D eigenvalue weighted by molar-refractivity contribution is 7.73. The minimum Gasteiger partial charge on any atom is -0.326 e. The molecule has 0 aliphatic heterocycles. The number of hydrogen-bond donors (Lipinski definition) is 0. The van der Waals surface area contributed by atoms with E-state index in [1.165, 1.54) is 16.9 Å². The predicted octanol–water partition coefficient (Wildman–Crippen LogP) is 4.69. The van der Waals surface area contributed by atoms with Crippen LogP contribution in [0.5, 0.6) is 0 Å². The number of benzene rings is 1. The molecule has 0 N–H and O–H groups in total. The largest absolute Gasteiger partial charge is 0.326 e. The molecule has 0 saturated heterocycles. The molecule has 1 aromatic carbocycles. The van der Waals surface area contributed by atoms with Crippen LogP contribution in [0, 0.1) is 10.9 Å². The number of aryl methyl sites for hydroxylation is 1. The molecule has 0 spiro atoms. The first kappa shape index (κ1) is 14.4. The molecule has 2 aromatic rings. The summed E-state index contributed by atoms with van der Waals surface area (Å²) in [4.78, 5) is 12.2. The van der Waals surface area contributed by atoms with Gasteiger partial charge in [-0.3, -0.25) is 4.79 Å². The van der Waals surface area contributed by atoms with E-state index in [1.807, 2.05) is 35.8 Å². The fourth-order valence-electron chi connectivity index (χ4n) is 1.95. The Morgan fingerprint density at radius 2 is 2.00 bits per heavy atom. The van der Waals surface area contributed by atoms with E-state index in [0.717, 1.165) is 32.5 Å². The van der Waals surface area contributed by atoms with Crippen LogP contribution in [-0.4, -0.2) is 10.4 Å². The highest BCUT2D eigenvalue weighted by Gasteiger charge is 2.12. The van der Waals surface area contributed by atoms with Gasteiger partial charge in [0, 0.05) is 24.2 Å². The first-order valence-corrected chi connectivity index (χ1v) is 7.55. The van der Waals surface area contributed by atoms with Gasteiger partial charge in [-0.25, -0.2) is 0 Å². The summed E-state index contributed by atoms with van der Waals surface area (Å²) >= 11 is 12.6. The monoisotopic (exact) mass is 311 g/mol. The molecule has 0 saturated carbocycles. The molecule has 2 rings (SSSR count). The minimum absolute atomic E-state index is 0.0823. The van der Waals surface area contributed by atoms with Gasteiger partial charge in [0.1, 0.15) is 0 Å².